The number of methoxy groups -OCH3 is 1. The fourth-order valence-corrected chi connectivity index (χ4v) is 3.34. The van der Waals surface area contributed by atoms with Crippen LogP contribution in [-0.2, 0) is 14.3 Å². The van der Waals surface area contributed by atoms with Crippen molar-refractivity contribution >= 4 is 11.7 Å². The lowest BCUT2D eigenvalue weighted by molar-refractivity contribution is -0.145. The molecule has 1 saturated carbocycles. The third-order valence-electron chi connectivity index (χ3n) is 4.28. The Bertz CT molecular complexity index is 383. The van der Waals surface area contributed by atoms with Crippen LogP contribution in [0.3, 0.4) is 0 Å². The molecule has 1 fully saturated rings. The highest BCUT2D eigenvalue weighted by Gasteiger charge is 2.48. The van der Waals surface area contributed by atoms with E-state index >= 15 is 0 Å². The van der Waals surface area contributed by atoms with Crippen LogP contribution in [0, 0.1) is 11.3 Å². The molecule has 0 aromatic rings. The van der Waals surface area contributed by atoms with Gasteiger partial charge < -0.3 is 16.2 Å². The summed E-state index contributed by atoms with van der Waals surface area (Å²) >= 11 is 0. The first-order chi connectivity index (χ1) is 9.62. The molecule has 0 heterocycles. The highest BCUT2D eigenvalue weighted by Crippen LogP contribution is 2.33. The molecule has 21 heavy (non-hydrogen) atoms. The zero-order chi connectivity index (χ0) is 16.3. The minimum atomic E-state index is -1.66. The van der Waals surface area contributed by atoms with Gasteiger partial charge in [0, 0.05) is 7.11 Å². The second-order valence-electron chi connectivity index (χ2n) is 7.49. The number of hydrogen-bond donors (Lipinski definition) is 2. The number of amides is 1. The highest BCUT2D eigenvalue weighted by atomic mass is 16.5. The normalized spacial score (nSPS) is 21.6. The van der Waals surface area contributed by atoms with E-state index in [-0.39, 0.29) is 23.5 Å². The van der Waals surface area contributed by atoms with Crippen LogP contribution in [0.1, 0.15) is 59.3 Å². The van der Waals surface area contributed by atoms with Gasteiger partial charge in [0.05, 0.1) is 0 Å². The summed E-state index contributed by atoms with van der Waals surface area (Å²) in [4.78, 5) is 24.7. The summed E-state index contributed by atoms with van der Waals surface area (Å²) in [5, 5.41) is 0. The summed E-state index contributed by atoms with van der Waals surface area (Å²) in [7, 11) is 1.51. The van der Waals surface area contributed by atoms with Crippen LogP contribution in [0.25, 0.3) is 0 Å². The molecule has 4 N–H and O–H groups in total. The Balaban J connectivity index is 2.99. The molecule has 2 atom stereocenters. The van der Waals surface area contributed by atoms with Crippen molar-refractivity contribution in [3.8, 4) is 0 Å². The van der Waals surface area contributed by atoms with Gasteiger partial charge in [0.15, 0.2) is 11.3 Å². The van der Waals surface area contributed by atoms with Crippen molar-refractivity contribution in [3.63, 3.8) is 0 Å². The molecular formula is C16H30N2O3. The molecule has 0 bridgehead atoms. The van der Waals surface area contributed by atoms with Crippen LogP contribution in [-0.4, -0.2) is 30.4 Å². The Labute approximate surface area is 127 Å². The summed E-state index contributed by atoms with van der Waals surface area (Å²) in [5.41, 5.74) is 9.68. The van der Waals surface area contributed by atoms with Gasteiger partial charge in [0.1, 0.15) is 6.10 Å². The van der Waals surface area contributed by atoms with E-state index in [0.717, 1.165) is 25.7 Å². The van der Waals surface area contributed by atoms with Crippen LogP contribution < -0.4 is 11.5 Å². The topological polar surface area (TPSA) is 95.4 Å². The second-order valence-corrected chi connectivity index (χ2v) is 7.49. The van der Waals surface area contributed by atoms with Crippen molar-refractivity contribution in [1.29, 1.82) is 0 Å². The van der Waals surface area contributed by atoms with E-state index in [1.165, 1.54) is 13.5 Å². The third kappa shape index (κ3) is 4.51. The van der Waals surface area contributed by atoms with Crippen LogP contribution in [0.5, 0.6) is 0 Å². The van der Waals surface area contributed by atoms with E-state index in [2.05, 4.69) is 0 Å². The number of ketones is 1. The number of ether oxygens (including phenoxy) is 1. The average Bonchev–Trinajstić information content (AvgIpc) is 2.38. The van der Waals surface area contributed by atoms with Crippen molar-refractivity contribution in [2.45, 2.75) is 70.9 Å². The number of carbonyl (C=O) groups excluding carboxylic acids is 2. The lowest BCUT2D eigenvalue weighted by atomic mass is 9.73. The van der Waals surface area contributed by atoms with Crippen molar-refractivity contribution in [2.24, 2.45) is 22.8 Å². The van der Waals surface area contributed by atoms with Crippen molar-refractivity contribution in [3.05, 3.63) is 0 Å². The third-order valence-corrected chi connectivity index (χ3v) is 4.28. The van der Waals surface area contributed by atoms with Gasteiger partial charge in [-0.3, -0.25) is 9.59 Å². The predicted octanol–water partition coefficient (Wildman–Crippen LogP) is 1.77. The van der Waals surface area contributed by atoms with Gasteiger partial charge in [0.25, 0.3) is 0 Å². The van der Waals surface area contributed by atoms with Crippen molar-refractivity contribution in [1.82, 2.24) is 0 Å². The molecule has 0 spiro atoms. The van der Waals surface area contributed by atoms with Gasteiger partial charge in [0.2, 0.25) is 5.91 Å². The van der Waals surface area contributed by atoms with Crippen LogP contribution in [0.4, 0.5) is 0 Å². The van der Waals surface area contributed by atoms with Gasteiger partial charge in [-0.05, 0) is 30.6 Å². The lowest BCUT2D eigenvalue weighted by Gasteiger charge is -2.36. The van der Waals surface area contributed by atoms with E-state index in [1.807, 2.05) is 20.8 Å². The molecule has 1 rings (SSSR count). The Kier molecular flexibility index (Phi) is 5.93. The maximum atomic E-state index is 12.9. The molecule has 122 valence electrons. The fraction of sp³-hybridized carbons (Fsp3) is 0.875. The molecule has 1 aliphatic carbocycles. The van der Waals surface area contributed by atoms with E-state index in [1.54, 1.807) is 0 Å². The number of hydrogen-bond acceptors (Lipinski definition) is 4. The van der Waals surface area contributed by atoms with Crippen LogP contribution in [0.2, 0.25) is 0 Å². The van der Waals surface area contributed by atoms with Crippen LogP contribution in [0.15, 0.2) is 0 Å². The molecule has 1 unspecified atom stereocenters. The minimum absolute atomic E-state index is 0.137. The van der Waals surface area contributed by atoms with Crippen LogP contribution >= 0.6 is 0 Å². The van der Waals surface area contributed by atoms with Gasteiger partial charge >= 0.3 is 0 Å². The number of nitrogens with two attached hydrogens (primary N) is 2. The maximum absolute atomic E-state index is 12.9. The molecule has 0 saturated heterocycles. The van der Waals surface area contributed by atoms with Gasteiger partial charge in [-0.1, -0.05) is 40.0 Å². The molecular weight excluding hydrogens is 268 g/mol. The lowest BCUT2D eigenvalue weighted by Crippen LogP contribution is -2.63. The Hall–Kier alpha value is -0.940. The standard InChI is InChI=1S/C16H30N2O3/c1-15(2,3)10-16(18,14(17)20)13(19)12(21-4)11-8-6-5-7-9-11/h11-12H,5-10,18H2,1-4H3,(H2,17,20)/t12?,16-/m1/s1. The smallest absolute Gasteiger partial charge is 0.245 e. The maximum Gasteiger partial charge on any atom is 0.245 e. The second kappa shape index (κ2) is 6.88. The van der Waals surface area contributed by atoms with E-state index in [0.29, 0.717) is 0 Å². The van der Waals surface area contributed by atoms with E-state index in [4.69, 9.17) is 16.2 Å². The molecule has 0 aromatic carbocycles. The van der Waals surface area contributed by atoms with E-state index in [9.17, 15) is 9.59 Å². The summed E-state index contributed by atoms with van der Waals surface area (Å²) in [5.74, 6) is -0.988. The first-order valence-corrected chi connectivity index (χ1v) is 7.78. The predicted molar refractivity (Wildman–Crippen MR) is 82.6 cm³/mol. The van der Waals surface area contributed by atoms with Crippen molar-refractivity contribution in [2.75, 3.05) is 7.11 Å². The number of primary amides is 1. The summed E-state index contributed by atoms with van der Waals surface area (Å²) in [6.45, 7) is 5.81. The number of Topliss-reactive ketones (excluding diaryl/α,β-unsaturated/α-hetero) is 1. The molecule has 0 radical (unpaired) electrons. The Morgan fingerprint density at radius 1 is 1.19 bits per heavy atom. The molecule has 1 amide bonds. The summed E-state index contributed by atoms with van der Waals surface area (Å²) < 4.78 is 5.43. The zero-order valence-electron chi connectivity index (χ0n) is 13.8. The fourth-order valence-electron chi connectivity index (χ4n) is 3.34. The number of carbonyl (C=O) groups is 2. The molecule has 5 heteroatoms. The average molecular weight is 298 g/mol. The molecule has 5 nitrogen and oxygen atoms in total. The minimum Gasteiger partial charge on any atom is -0.373 e. The highest BCUT2D eigenvalue weighted by molar-refractivity contribution is 6.11. The molecule has 1 aliphatic rings. The monoisotopic (exact) mass is 298 g/mol. The molecule has 0 aromatic heterocycles. The summed E-state index contributed by atoms with van der Waals surface area (Å²) in [6, 6.07) is 0. The quantitative estimate of drug-likeness (QED) is 0.730. The largest absolute Gasteiger partial charge is 0.373 e. The Morgan fingerprint density at radius 3 is 2.10 bits per heavy atom. The SMILES string of the molecule is COC(C(=O)[C@](N)(CC(C)(C)C)C(N)=O)C1CCCCC1. The Morgan fingerprint density at radius 2 is 1.71 bits per heavy atom. The van der Waals surface area contributed by atoms with E-state index < -0.39 is 17.6 Å². The first-order valence-electron chi connectivity index (χ1n) is 7.78. The zero-order valence-corrected chi connectivity index (χ0v) is 13.8. The molecule has 0 aliphatic heterocycles. The van der Waals surface area contributed by atoms with Gasteiger partial charge in [-0.2, -0.15) is 0 Å². The van der Waals surface area contributed by atoms with Crippen molar-refractivity contribution < 1.29 is 14.3 Å². The summed E-state index contributed by atoms with van der Waals surface area (Å²) in [6.07, 6.45) is 4.83. The number of rotatable bonds is 6. The van der Waals surface area contributed by atoms with Gasteiger partial charge in [-0.15, -0.1) is 0 Å². The van der Waals surface area contributed by atoms with Gasteiger partial charge in [-0.25, -0.2) is 0 Å². The first kappa shape index (κ1) is 18.1.